The Bertz CT molecular complexity index is 846. The second-order valence-corrected chi connectivity index (χ2v) is 10.8. The van der Waals surface area contributed by atoms with Crippen molar-refractivity contribution in [1.29, 1.82) is 0 Å². The SMILES string of the molecule is CCCCOC[C@H]1OC(O)(c2ccc(OC)c(C3OCCO3)c2)[C@H](OCCCC)[C@@H](OCCCC)[C@@H]1OCCCC. The fraction of sp³-hybridized carbons (Fsp3) is 0.812. The van der Waals surface area contributed by atoms with E-state index in [9.17, 15) is 5.11 Å². The van der Waals surface area contributed by atoms with Gasteiger partial charge >= 0.3 is 0 Å². The second-order valence-electron chi connectivity index (χ2n) is 10.8. The highest BCUT2D eigenvalue weighted by Crippen LogP contribution is 2.43. The Morgan fingerprint density at radius 1 is 0.805 bits per heavy atom. The van der Waals surface area contributed by atoms with Crippen LogP contribution in [0.5, 0.6) is 5.75 Å². The maximum atomic E-state index is 12.6. The van der Waals surface area contributed by atoms with Crippen LogP contribution in [0.3, 0.4) is 0 Å². The molecule has 2 aliphatic rings. The van der Waals surface area contributed by atoms with Crippen LogP contribution in [0.4, 0.5) is 0 Å². The molecule has 2 heterocycles. The number of ether oxygens (including phenoxy) is 8. The Morgan fingerprint density at radius 3 is 2.00 bits per heavy atom. The van der Waals surface area contributed by atoms with Gasteiger partial charge in [-0.05, 0) is 43.9 Å². The van der Waals surface area contributed by atoms with Crippen molar-refractivity contribution in [2.45, 2.75) is 116 Å². The first-order chi connectivity index (χ1) is 20.0. The first-order valence-corrected chi connectivity index (χ1v) is 15.8. The summed E-state index contributed by atoms with van der Waals surface area (Å²) in [5.41, 5.74) is 1.20. The van der Waals surface area contributed by atoms with E-state index in [2.05, 4.69) is 27.7 Å². The van der Waals surface area contributed by atoms with E-state index >= 15 is 0 Å². The smallest absolute Gasteiger partial charge is 0.222 e. The van der Waals surface area contributed by atoms with Gasteiger partial charge in [0.25, 0.3) is 0 Å². The summed E-state index contributed by atoms with van der Waals surface area (Å²) in [5.74, 6) is -1.23. The maximum Gasteiger partial charge on any atom is 0.222 e. The molecule has 2 fully saturated rings. The molecule has 3 rings (SSSR count). The molecular formula is C32H54O9. The van der Waals surface area contributed by atoms with Crippen LogP contribution in [0.2, 0.25) is 0 Å². The van der Waals surface area contributed by atoms with Crippen molar-refractivity contribution in [3.63, 3.8) is 0 Å². The summed E-state index contributed by atoms with van der Waals surface area (Å²) in [6.07, 6.45) is 4.54. The van der Waals surface area contributed by atoms with Crippen LogP contribution in [0, 0.1) is 0 Å². The van der Waals surface area contributed by atoms with Crippen molar-refractivity contribution in [2.24, 2.45) is 0 Å². The van der Waals surface area contributed by atoms with Crippen molar-refractivity contribution >= 4 is 0 Å². The molecule has 9 heteroatoms. The van der Waals surface area contributed by atoms with Crippen LogP contribution in [0.1, 0.15) is 96.5 Å². The van der Waals surface area contributed by atoms with Gasteiger partial charge in [-0.15, -0.1) is 0 Å². The lowest BCUT2D eigenvalue weighted by atomic mass is 9.86. The molecule has 0 saturated carbocycles. The molecule has 0 amide bonds. The number of aliphatic hydroxyl groups is 1. The summed E-state index contributed by atoms with van der Waals surface area (Å²) in [6, 6.07) is 5.45. The van der Waals surface area contributed by atoms with E-state index < -0.39 is 36.5 Å². The molecule has 9 nitrogen and oxygen atoms in total. The van der Waals surface area contributed by atoms with E-state index in [4.69, 9.17) is 37.9 Å². The maximum absolute atomic E-state index is 12.6. The zero-order valence-electron chi connectivity index (χ0n) is 25.9. The summed E-state index contributed by atoms with van der Waals surface area (Å²) in [5, 5.41) is 12.6. The van der Waals surface area contributed by atoms with Gasteiger partial charge in [-0.2, -0.15) is 0 Å². The van der Waals surface area contributed by atoms with Gasteiger partial charge in [0.05, 0.1) is 32.5 Å². The first kappa shape index (κ1) is 34.2. The molecule has 1 N–H and O–H groups in total. The van der Waals surface area contributed by atoms with Crippen LogP contribution in [0.25, 0.3) is 0 Å². The van der Waals surface area contributed by atoms with E-state index in [0.717, 1.165) is 51.4 Å². The standard InChI is InChI=1S/C32H54O9/c1-6-10-16-35-23-27-28(36-17-11-7-2)29(37-18-12-8-3)30(38-19-13-9-4)32(33,41-27)24-14-15-26(34-5)25(22-24)31-39-20-21-40-31/h14-15,22,27-31,33H,6-13,16-21,23H2,1-5H3/t27-,28-,29+,30-,32?/m1/s1. The van der Waals surface area contributed by atoms with Gasteiger partial charge in [-0.1, -0.05) is 53.4 Å². The fourth-order valence-electron chi connectivity index (χ4n) is 5.13. The van der Waals surface area contributed by atoms with Gasteiger partial charge in [0.1, 0.15) is 30.2 Å². The molecule has 0 bridgehead atoms. The molecule has 2 saturated heterocycles. The summed E-state index contributed by atoms with van der Waals surface area (Å²) >= 11 is 0. The zero-order valence-corrected chi connectivity index (χ0v) is 25.9. The molecule has 0 radical (unpaired) electrons. The minimum atomic E-state index is -1.84. The lowest BCUT2D eigenvalue weighted by molar-refractivity contribution is -0.375. The lowest BCUT2D eigenvalue weighted by Crippen LogP contribution is -2.66. The average Bonchev–Trinajstić information content (AvgIpc) is 3.53. The Morgan fingerprint density at radius 2 is 1.39 bits per heavy atom. The van der Waals surface area contributed by atoms with E-state index in [1.165, 1.54) is 0 Å². The average molecular weight is 583 g/mol. The highest BCUT2D eigenvalue weighted by atomic mass is 16.7. The lowest BCUT2D eigenvalue weighted by Gasteiger charge is -2.50. The van der Waals surface area contributed by atoms with Crippen LogP contribution in [-0.2, 0) is 38.9 Å². The normalized spacial score (nSPS) is 27.0. The minimum absolute atomic E-state index is 0.270. The van der Waals surface area contributed by atoms with Gasteiger partial charge in [0.2, 0.25) is 5.79 Å². The van der Waals surface area contributed by atoms with Gasteiger partial charge in [-0.25, -0.2) is 0 Å². The summed E-state index contributed by atoms with van der Waals surface area (Å²) in [4.78, 5) is 0. The fourth-order valence-corrected chi connectivity index (χ4v) is 5.13. The highest BCUT2D eigenvalue weighted by molar-refractivity contribution is 5.41. The molecule has 0 spiro atoms. The Balaban J connectivity index is 2.05. The van der Waals surface area contributed by atoms with Crippen molar-refractivity contribution in [3.05, 3.63) is 29.3 Å². The largest absolute Gasteiger partial charge is 0.496 e. The molecule has 0 aliphatic carbocycles. The third kappa shape index (κ3) is 9.34. The van der Waals surface area contributed by atoms with Crippen molar-refractivity contribution in [1.82, 2.24) is 0 Å². The van der Waals surface area contributed by atoms with Crippen LogP contribution in [-0.4, -0.2) is 82.9 Å². The molecule has 1 aromatic rings. The summed E-state index contributed by atoms with van der Waals surface area (Å²) in [7, 11) is 1.61. The predicted molar refractivity (Wildman–Crippen MR) is 156 cm³/mol. The zero-order chi connectivity index (χ0) is 29.5. The van der Waals surface area contributed by atoms with Crippen molar-refractivity contribution < 1.29 is 43.0 Å². The highest BCUT2D eigenvalue weighted by Gasteiger charge is 2.57. The third-order valence-electron chi connectivity index (χ3n) is 7.56. The van der Waals surface area contributed by atoms with E-state index in [0.29, 0.717) is 56.5 Å². The quantitative estimate of drug-likeness (QED) is 0.196. The summed E-state index contributed by atoms with van der Waals surface area (Å²) in [6.45, 7) is 11.9. The number of benzene rings is 1. The second kappa shape index (κ2) is 18.4. The minimum Gasteiger partial charge on any atom is -0.496 e. The van der Waals surface area contributed by atoms with E-state index in [1.54, 1.807) is 7.11 Å². The Labute approximate surface area is 247 Å². The molecule has 0 aromatic heterocycles. The third-order valence-corrected chi connectivity index (χ3v) is 7.56. The molecule has 5 atom stereocenters. The molecule has 41 heavy (non-hydrogen) atoms. The van der Waals surface area contributed by atoms with Gasteiger partial charge in [0.15, 0.2) is 6.29 Å². The number of hydrogen-bond acceptors (Lipinski definition) is 9. The molecule has 1 unspecified atom stereocenters. The van der Waals surface area contributed by atoms with E-state index in [1.807, 2.05) is 18.2 Å². The predicted octanol–water partition coefficient (Wildman–Crippen LogP) is 5.66. The first-order valence-electron chi connectivity index (χ1n) is 15.8. The number of unbranched alkanes of at least 4 members (excludes halogenated alkanes) is 4. The van der Waals surface area contributed by atoms with Crippen LogP contribution in [0.15, 0.2) is 18.2 Å². The number of hydrogen-bond donors (Lipinski definition) is 1. The topological polar surface area (TPSA) is 94.1 Å². The van der Waals surface area contributed by atoms with Gasteiger partial charge in [0, 0.05) is 32.0 Å². The number of rotatable bonds is 20. The summed E-state index contributed by atoms with van der Waals surface area (Å²) < 4.78 is 49.4. The van der Waals surface area contributed by atoms with Crippen LogP contribution < -0.4 is 4.74 Å². The Hall–Kier alpha value is -1.30. The van der Waals surface area contributed by atoms with Crippen LogP contribution >= 0.6 is 0 Å². The molecule has 236 valence electrons. The van der Waals surface area contributed by atoms with Crippen molar-refractivity contribution in [3.8, 4) is 5.75 Å². The monoisotopic (exact) mass is 582 g/mol. The molecule has 1 aromatic carbocycles. The molecule has 2 aliphatic heterocycles. The van der Waals surface area contributed by atoms with Gasteiger partial charge in [-0.3, -0.25) is 0 Å². The van der Waals surface area contributed by atoms with Gasteiger partial charge < -0.3 is 43.0 Å². The van der Waals surface area contributed by atoms with E-state index in [-0.39, 0.29) is 6.61 Å². The number of methoxy groups -OCH3 is 1. The Kier molecular flexibility index (Phi) is 15.3. The molecular weight excluding hydrogens is 528 g/mol. The van der Waals surface area contributed by atoms with Crippen molar-refractivity contribution in [2.75, 3.05) is 53.4 Å².